The summed E-state index contributed by atoms with van der Waals surface area (Å²) in [5.41, 5.74) is 15.5. The molecule has 6 heteroatoms. The van der Waals surface area contributed by atoms with Crippen LogP contribution in [0.15, 0.2) is 36.5 Å². The average Bonchev–Trinajstić information content (AvgIpc) is 2.51. The van der Waals surface area contributed by atoms with Crippen LogP contribution in [0.25, 0.3) is 11.1 Å². The number of alkyl carbamates (subject to hydrolysis) is 1. The topological polar surface area (TPSA) is 103 Å². The molecule has 0 saturated carbocycles. The van der Waals surface area contributed by atoms with E-state index in [1.165, 1.54) is 0 Å². The minimum Gasteiger partial charge on any atom is -0.444 e. The van der Waals surface area contributed by atoms with Crippen LogP contribution in [-0.2, 0) is 11.2 Å². The average molecular weight is 356 g/mol. The first kappa shape index (κ1) is 19.6. The van der Waals surface area contributed by atoms with Gasteiger partial charge in [0.25, 0.3) is 0 Å². The lowest BCUT2D eigenvalue weighted by Crippen LogP contribution is -2.37. The van der Waals surface area contributed by atoms with Crippen LogP contribution in [0, 0.1) is 0 Å². The van der Waals surface area contributed by atoms with E-state index in [0.717, 1.165) is 29.7 Å². The number of amides is 1. The van der Waals surface area contributed by atoms with Crippen molar-refractivity contribution in [2.24, 2.45) is 0 Å². The molecule has 0 saturated heterocycles. The van der Waals surface area contributed by atoms with Crippen LogP contribution in [0.1, 0.15) is 39.8 Å². The van der Waals surface area contributed by atoms with E-state index in [0.29, 0.717) is 11.4 Å². The van der Waals surface area contributed by atoms with Crippen LogP contribution >= 0.6 is 0 Å². The lowest BCUT2D eigenvalue weighted by Gasteiger charge is -2.22. The zero-order valence-electron chi connectivity index (χ0n) is 15.9. The second-order valence-electron chi connectivity index (χ2n) is 7.47. The standard InChI is InChI=1S/C20H28N4O2/c1-13(24-19(25)26-20(2,3)4)5-7-16-11-14(9-10-23-16)17-8-6-15(21)12-18(17)22/h6,8-13H,5,7,21-22H2,1-4H3,(H,24,25). The highest BCUT2D eigenvalue weighted by atomic mass is 16.6. The van der Waals surface area contributed by atoms with E-state index in [-0.39, 0.29) is 6.04 Å². The third-order valence-electron chi connectivity index (χ3n) is 3.80. The minimum atomic E-state index is -0.501. The molecule has 1 aromatic carbocycles. The fourth-order valence-electron chi connectivity index (χ4n) is 2.57. The SMILES string of the molecule is CC(CCc1cc(-c2ccc(N)cc2N)ccn1)NC(=O)OC(C)(C)C. The molecule has 140 valence electrons. The fraction of sp³-hybridized carbons (Fsp3) is 0.400. The molecule has 0 aliphatic heterocycles. The largest absolute Gasteiger partial charge is 0.444 e. The van der Waals surface area contributed by atoms with Gasteiger partial charge < -0.3 is 21.5 Å². The molecule has 1 amide bonds. The van der Waals surface area contributed by atoms with Gasteiger partial charge in [-0.05, 0) is 70.4 Å². The molecule has 0 aliphatic rings. The molecule has 5 N–H and O–H groups in total. The van der Waals surface area contributed by atoms with Crippen LogP contribution in [0.4, 0.5) is 16.2 Å². The molecule has 6 nitrogen and oxygen atoms in total. The molecule has 1 aromatic heterocycles. The van der Waals surface area contributed by atoms with Crippen LogP contribution in [0.3, 0.4) is 0 Å². The van der Waals surface area contributed by atoms with Gasteiger partial charge in [-0.2, -0.15) is 0 Å². The van der Waals surface area contributed by atoms with Crippen molar-refractivity contribution >= 4 is 17.5 Å². The van der Waals surface area contributed by atoms with Gasteiger partial charge in [0.05, 0.1) is 0 Å². The molecule has 2 aromatic rings. The normalized spacial score (nSPS) is 12.5. The molecule has 26 heavy (non-hydrogen) atoms. The van der Waals surface area contributed by atoms with E-state index in [9.17, 15) is 4.79 Å². The predicted molar refractivity (Wildman–Crippen MR) is 106 cm³/mol. The third kappa shape index (κ3) is 5.95. The summed E-state index contributed by atoms with van der Waals surface area (Å²) >= 11 is 0. The molecule has 0 aliphatic carbocycles. The number of carbonyl (C=O) groups excluding carboxylic acids is 1. The van der Waals surface area contributed by atoms with Gasteiger partial charge in [-0.3, -0.25) is 4.98 Å². The lowest BCUT2D eigenvalue weighted by molar-refractivity contribution is 0.0506. The van der Waals surface area contributed by atoms with Crippen molar-refractivity contribution in [2.75, 3.05) is 11.5 Å². The number of nitrogen functional groups attached to an aromatic ring is 2. The first-order chi connectivity index (χ1) is 12.1. The summed E-state index contributed by atoms with van der Waals surface area (Å²) in [5.74, 6) is 0. The van der Waals surface area contributed by atoms with E-state index in [1.807, 2.05) is 52.0 Å². The molecule has 0 spiro atoms. The van der Waals surface area contributed by atoms with E-state index in [4.69, 9.17) is 16.2 Å². The van der Waals surface area contributed by atoms with Crippen LogP contribution < -0.4 is 16.8 Å². The number of nitrogens with two attached hydrogens (primary N) is 2. The highest BCUT2D eigenvalue weighted by Crippen LogP contribution is 2.27. The maximum absolute atomic E-state index is 11.8. The highest BCUT2D eigenvalue weighted by Gasteiger charge is 2.17. The number of ether oxygens (including phenoxy) is 1. The van der Waals surface area contributed by atoms with E-state index in [1.54, 1.807) is 12.3 Å². The maximum Gasteiger partial charge on any atom is 0.407 e. The van der Waals surface area contributed by atoms with Crippen LogP contribution in [0.2, 0.25) is 0 Å². The molecule has 0 bridgehead atoms. The summed E-state index contributed by atoms with van der Waals surface area (Å²) in [7, 11) is 0. The predicted octanol–water partition coefficient (Wildman–Crippen LogP) is 3.76. The maximum atomic E-state index is 11.8. The van der Waals surface area contributed by atoms with Gasteiger partial charge in [0.15, 0.2) is 0 Å². The Bertz CT molecular complexity index is 769. The Kier molecular flexibility index (Phi) is 6.08. The van der Waals surface area contributed by atoms with E-state index >= 15 is 0 Å². The Balaban J connectivity index is 1.97. The summed E-state index contributed by atoms with van der Waals surface area (Å²) in [6.45, 7) is 7.48. The summed E-state index contributed by atoms with van der Waals surface area (Å²) in [6.07, 6.45) is 2.86. The Hall–Kier alpha value is -2.76. The minimum absolute atomic E-state index is 0.0168. The Labute approximate surface area is 154 Å². The number of anilines is 2. The molecule has 2 rings (SSSR count). The van der Waals surface area contributed by atoms with Gasteiger partial charge in [-0.1, -0.05) is 6.07 Å². The number of pyridine rings is 1. The van der Waals surface area contributed by atoms with Gasteiger partial charge in [-0.15, -0.1) is 0 Å². The third-order valence-corrected chi connectivity index (χ3v) is 3.80. The van der Waals surface area contributed by atoms with E-state index < -0.39 is 11.7 Å². The number of hydrogen-bond acceptors (Lipinski definition) is 5. The highest BCUT2D eigenvalue weighted by molar-refractivity contribution is 5.78. The summed E-state index contributed by atoms with van der Waals surface area (Å²) in [6, 6.07) is 9.42. The van der Waals surface area contributed by atoms with Crippen molar-refractivity contribution in [3.8, 4) is 11.1 Å². The second-order valence-corrected chi connectivity index (χ2v) is 7.47. The number of hydrogen-bond donors (Lipinski definition) is 3. The van der Waals surface area contributed by atoms with Crippen molar-refractivity contribution in [2.45, 2.75) is 52.2 Å². The van der Waals surface area contributed by atoms with E-state index in [2.05, 4.69) is 10.3 Å². The van der Waals surface area contributed by atoms with Crippen LogP contribution in [-0.4, -0.2) is 22.7 Å². The number of nitrogens with one attached hydrogen (secondary N) is 1. The zero-order chi connectivity index (χ0) is 19.3. The monoisotopic (exact) mass is 356 g/mol. The number of benzene rings is 1. The quantitative estimate of drug-likeness (QED) is 0.708. The molecule has 1 unspecified atom stereocenters. The van der Waals surface area contributed by atoms with Gasteiger partial charge >= 0.3 is 6.09 Å². The lowest BCUT2D eigenvalue weighted by atomic mass is 10.0. The summed E-state index contributed by atoms with van der Waals surface area (Å²) < 4.78 is 5.27. The van der Waals surface area contributed by atoms with Crippen molar-refractivity contribution in [1.29, 1.82) is 0 Å². The second kappa shape index (κ2) is 8.08. The smallest absolute Gasteiger partial charge is 0.407 e. The molecular formula is C20H28N4O2. The number of nitrogens with zero attached hydrogens (tertiary/aromatic N) is 1. The number of aromatic nitrogens is 1. The van der Waals surface area contributed by atoms with Crippen molar-refractivity contribution in [1.82, 2.24) is 10.3 Å². The molecular weight excluding hydrogens is 328 g/mol. The van der Waals surface area contributed by atoms with Crippen molar-refractivity contribution in [3.05, 3.63) is 42.2 Å². The molecule has 1 heterocycles. The van der Waals surface area contributed by atoms with Gasteiger partial charge in [0, 0.05) is 34.9 Å². The number of carbonyl (C=O) groups is 1. The van der Waals surface area contributed by atoms with Gasteiger partial charge in [0.1, 0.15) is 5.60 Å². The first-order valence-corrected chi connectivity index (χ1v) is 8.74. The Morgan fingerprint density at radius 1 is 1.23 bits per heavy atom. The zero-order valence-corrected chi connectivity index (χ0v) is 15.9. The molecule has 0 fully saturated rings. The molecule has 0 radical (unpaired) electrons. The Morgan fingerprint density at radius 2 is 1.96 bits per heavy atom. The fourth-order valence-corrected chi connectivity index (χ4v) is 2.57. The first-order valence-electron chi connectivity index (χ1n) is 8.74. The summed E-state index contributed by atoms with van der Waals surface area (Å²) in [5, 5.41) is 2.85. The number of rotatable bonds is 5. The van der Waals surface area contributed by atoms with Crippen molar-refractivity contribution in [3.63, 3.8) is 0 Å². The van der Waals surface area contributed by atoms with Gasteiger partial charge in [-0.25, -0.2) is 4.79 Å². The number of aryl methyl sites for hydroxylation is 1. The Morgan fingerprint density at radius 3 is 2.62 bits per heavy atom. The summed E-state index contributed by atoms with van der Waals surface area (Å²) in [4.78, 5) is 16.2. The van der Waals surface area contributed by atoms with Crippen molar-refractivity contribution < 1.29 is 9.53 Å². The molecule has 1 atom stereocenters. The van der Waals surface area contributed by atoms with Gasteiger partial charge in [0.2, 0.25) is 0 Å². The van der Waals surface area contributed by atoms with Crippen LogP contribution in [0.5, 0.6) is 0 Å².